The first-order valence-electron chi connectivity index (χ1n) is 6.45. The molecule has 5 heteroatoms. The van der Waals surface area contributed by atoms with Crippen molar-refractivity contribution in [3.63, 3.8) is 0 Å². The van der Waals surface area contributed by atoms with Crippen LogP contribution in [0, 0.1) is 0 Å². The molecule has 0 aliphatic carbocycles. The van der Waals surface area contributed by atoms with E-state index in [4.69, 9.17) is 5.73 Å². The molecular weight excluding hydrogens is 250 g/mol. The number of anilines is 1. The Morgan fingerprint density at radius 1 is 1.00 bits per heavy atom. The molecule has 0 amide bonds. The molecule has 2 heterocycles. The van der Waals surface area contributed by atoms with Crippen LogP contribution in [-0.4, -0.2) is 15.0 Å². The fourth-order valence-electron chi connectivity index (χ4n) is 2.04. The highest BCUT2D eigenvalue weighted by Gasteiger charge is 2.06. The lowest BCUT2D eigenvalue weighted by atomic mass is 10.2. The Morgan fingerprint density at radius 2 is 1.80 bits per heavy atom. The van der Waals surface area contributed by atoms with Crippen LogP contribution in [0.2, 0.25) is 0 Å². The number of fused-ring (bicyclic) bond motifs is 1. The van der Waals surface area contributed by atoms with Crippen LogP contribution in [0.3, 0.4) is 0 Å². The van der Waals surface area contributed by atoms with E-state index in [1.807, 2.05) is 36.4 Å². The molecule has 0 bridgehead atoms. The number of hydrogen-bond donors (Lipinski definition) is 2. The van der Waals surface area contributed by atoms with Gasteiger partial charge in [-0.05, 0) is 29.8 Å². The topological polar surface area (TPSA) is 76.7 Å². The number of benzene rings is 1. The highest BCUT2D eigenvalue weighted by molar-refractivity contribution is 5.88. The Bertz CT molecular complexity index is 712. The van der Waals surface area contributed by atoms with E-state index in [0.717, 1.165) is 22.3 Å². The van der Waals surface area contributed by atoms with Crippen LogP contribution in [-0.2, 0) is 13.1 Å². The monoisotopic (exact) mass is 265 g/mol. The van der Waals surface area contributed by atoms with Crippen molar-refractivity contribution in [2.24, 2.45) is 5.73 Å². The van der Waals surface area contributed by atoms with Gasteiger partial charge in [-0.1, -0.05) is 12.1 Å². The van der Waals surface area contributed by atoms with Gasteiger partial charge in [-0.3, -0.25) is 4.98 Å². The molecule has 20 heavy (non-hydrogen) atoms. The third kappa shape index (κ3) is 2.57. The van der Waals surface area contributed by atoms with E-state index in [0.29, 0.717) is 18.9 Å². The van der Waals surface area contributed by atoms with Gasteiger partial charge in [0.05, 0.1) is 12.1 Å². The van der Waals surface area contributed by atoms with Gasteiger partial charge in [0.1, 0.15) is 11.6 Å². The van der Waals surface area contributed by atoms with Crippen molar-refractivity contribution >= 4 is 16.7 Å². The van der Waals surface area contributed by atoms with Gasteiger partial charge >= 0.3 is 0 Å². The minimum atomic E-state index is 0.328. The van der Waals surface area contributed by atoms with Gasteiger partial charge in [-0.15, -0.1) is 0 Å². The lowest BCUT2D eigenvalue weighted by molar-refractivity contribution is 0.922. The number of para-hydroxylation sites is 1. The fraction of sp³-hybridized carbons (Fsp3) is 0.133. The molecule has 0 saturated heterocycles. The summed E-state index contributed by atoms with van der Waals surface area (Å²) in [5.41, 5.74) is 7.71. The molecule has 0 saturated carbocycles. The molecule has 3 N–H and O–H groups in total. The van der Waals surface area contributed by atoms with Crippen LogP contribution < -0.4 is 11.1 Å². The van der Waals surface area contributed by atoms with Crippen LogP contribution in [0.15, 0.2) is 48.8 Å². The van der Waals surface area contributed by atoms with E-state index in [1.165, 1.54) is 0 Å². The number of nitrogens with two attached hydrogens (primary N) is 1. The zero-order valence-electron chi connectivity index (χ0n) is 11.0. The first kappa shape index (κ1) is 12.5. The first-order valence-corrected chi connectivity index (χ1v) is 6.45. The van der Waals surface area contributed by atoms with Crippen LogP contribution in [0.1, 0.15) is 11.4 Å². The van der Waals surface area contributed by atoms with Crippen molar-refractivity contribution < 1.29 is 0 Å². The smallest absolute Gasteiger partial charge is 0.144 e. The van der Waals surface area contributed by atoms with Crippen LogP contribution >= 0.6 is 0 Å². The largest absolute Gasteiger partial charge is 0.365 e. The van der Waals surface area contributed by atoms with Crippen LogP contribution in [0.25, 0.3) is 10.9 Å². The van der Waals surface area contributed by atoms with Crippen molar-refractivity contribution in [1.82, 2.24) is 15.0 Å². The molecule has 5 nitrogen and oxygen atoms in total. The number of pyridine rings is 1. The number of nitrogens with one attached hydrogen (secondary N) is 1. The molecular formula is C15H15N5. The summed E-state index contributed by atoms with van der Waals surface area (Å²) in [6.07, 6.45) is 3.56. The third-order valence-electron chi connectivity index (χ3n) is 3.04. The minimum Gasteiger partial charge on any atom is -0.365 e. The van der Waals surface area contributed by atoms with Gasteiger partial charge in [0.25, 0.3) is 0 Å². The normalized spacial score (nSPS) is 10.7. The minimum absolute atomic E-state index is 0.328. The summed E-state index contributed by atoms with van der Waals surface area (Å²) in [7, 11) is 0. The van der Waals surface area contributed by atoms with E-state index in [9.17, 15) is 0 Å². The van der Waals surface area contributed by atoms with E-state index < -0.39 is 0 Å². The van der Waals surface area contributed by atoms with Gasteiger partial charge in [0.15, 0.2) is 0 Å². The maximum atomic E-state index is 5.66. The summed E-state index contributed by atoms with van der Waals surface area (Å²) >= 11 is 0. The number of hydrogen-bond acceptors (Lipinski definition) is 5. The summed E-state index contributed by atoms with van der Waals surface area (Å²) in [6, 6.07) is 11.9. The van der Waals surface area contributed by atoms with Gasteiger partial charge in [-0.25, -0.2) is 9.97 Å². The molecule has 0 radical (unpaired) electrons. The summed E-state index contributed by atoms with van der Waals surface area (Å²) < 4.78 is 0. The average Bonchev–Trinajstić information content (AvgIpc) is 2.53. The molecule has 100 valence electrons. The molecule has 0 aliphatic heterocycles. The quantitative estimate of drug-likeness (QED) is 0.755. The maximum absolute atomic E-state index is 5.66. The molecule has 3 rings (SSSR count). The van der Waals surface area contributed by atoms with Crippen molar-refractivity contribution in [2.45, 2.75) is 13.1 Å². The fourth-order valence-corrected chi connectivity index (χ4v) is 2.04. The first-order chi connectivity index (χ1) is 9.86. The van der Waals surface area contributed by atoms with Crippen LogP contribution in [0.4, 0.5) is 5.82 Å². The Balaban J connectivity index is 1.93. The maximum Gasteiger partial charge on any atom is 0.144 e. The third-order valence-corrected chi connectivity index (χ3v) is 3.04. The molecule has 1 aromatic carbocycles. The van der Waals surface area contributed by atoms with Gasteiger partial charge < -0.3 is 11.1 Å². The lowest BCUT2D eigenvalue weighted by Gasteiger charge is -2.10. The second-order valence-electron chi connectivity index (χ2n) is 4.42. The highest BCUT2D eigenvalue weighted by atomic mass is 15.0. The molecule has 3 aromatic rings. The van der Waals surface area contributed by atoms with Crippen molar-refractivity contribution in [3.05, 3.63) is 60.2 Å². The SMILES string of the molecule is NCc1nc(NCc2ccncc2)c2ccccc2n1. The van der Waals surface area contributed by atoms with Crippen molar-refractivity contribution in [3.8, 4) is 0 Å². The summed E-state index contributed by atoms with van der Waals surface area (Å²) in [4.78, 5) is 12.9. The predicted octanol–water partition coefficient (Wildman–Crippen LogP) is 2.10. The van der Waals surface area contributed by atoms with E-state index in [1.54, 1.807) is 12.4 Å². The van der Waals surface area contributed by atoms with Crippen molar-refractivity contribution in [1.29, 1.82) is 0 Å². The number of nitrogens with zero attached hydrogens (tertiary/aromatic N) is 3. The Kier molecular flexibility index (Phi) is 3.52. The summed E-state index contributed by atoms with van der Waals surface area (Å²) in [6.45, 7) is 1.02. The molecule has 2 aromatic heterocycles. The molecule has 0 unspecified atom stereocenters. The molecule has 0 fully saturated rings. The summed E-state index contributed by atoms with van der Waals surface area (Å²) in [5, 5.41) is 4.34. The van der Waals surface area contributed by atoms with E-state index in [-0.39, 0.29) is 0 Å². The Morgan fingerprint density at radius 3 is 2.60 bits per heavy atom. The highest BCUT2D eigenvalue weighted by Crippen LogP contribution is 2.20. The molecule has 0 aliphatic rings. The number of aromatic nitrogens is 3. The summed E-state index contributed by atoms with van der Waals surface area (Å²) in [5.74, 6) is 1.45. The Labute approximate surface area is 116 Å². The van der Waals surface area contributed by atoms with Gasteiger partial charge in [-0.2, -0.15) is 0 Å². The van der Waals surface area contributed by atoms with Gasteiger partial charge in [0.2, 0.25) is 0 Å². The second-order valence-corrected chi connectivity index (χ2v) is 4.42. The van der Waals surface area contributed by atoms with Crippen LogP contribution in [0.5, 0.6) is 0 Å². The second kappa shape index (κ2) is 5.63. The van der Waals surface area contributed by atoms with E-state index in [2.05, 4.69) is 20.3 Å². The predicted molar refractivity (Wildman–Crippen MR) is 79.0 cm³/mol. The molecule has 0 spiro atoms. The Hall–Kier alpha value is -2.53. The number of rotatable bonds is 4. The average molecular weight is 265 g/mol. The zero-order valence-corrected chi connectivity index (χ0v) is 11.0. The van der Waals surface area contributed by atoms with Gasteiger partial charge in [0, 0.05) is 24.3 Å². The van der Waals surface area contributed by atoms with Crippen molar-refractivity contribution in [2.75, 3.05) is 5.32 Å². The zero-order chi connectivity index (χ0) is 13.8. The molecule has 0 atom stereocenters. The van der Waals surface area contributed by atoms with E-state index >= 15 is 0 Å². The standard InChI is InChI=1S/C15H15N5/c16-9-14-19-13-4-2-1-3-12(13)15(20-14)18-10-11-5-7-17-8-6-11/h1-8H,9-10,16H2,(H,18,19,20). The lowest BCUT2D eigenvalue weighted by Crippen LogP contribution is -2.08.